The molecule has 1 fully saturated rings. The first-order chi connectivity index (χ1) is 11.3. The molecule has 0 aliphatic carbocycles. The average molecular weight is 358 g/mol. The van der Waals surface area contributed by atoms with Gasteiger partial charge in [-0.1, -0.05) is 0 Å². The van der Waals surface area contributed by atoms with Crippen LogP contribution in [0.25, 0.3) is 0 Å². The van der Waals surface area contributed by atoms with Gasteiger partial charge in [-0.25, -0.2) is 8.42 Å². The van der Waals surface area contributed by atoms with Crippen molar-refractivity contribution in [2.45, 2.75) is 18.9 Å². The number of methoxy groups -OCH3 is 1. The molecule has 0 saturated carbocycles. The molecular weight excluding hydrogens is 336 g/mol. The maximum Gasteiger partial charge on any atom is 0.238 e. The molecule has 9 nitrogen and oxygen atoms in total. The Labute approximate surface area is 141 Å². The fourth-order valence-electron chi connectivity index (χ4n) is 2.33. The topological polar surface area (TPSA) is 102 Å². The van der Waals surface area contributed by atoms with Gasteiger partial charge in [-0.2, -0.15) is 9.29 Å². The summed E-state index contributed by atoms with van der Waals surface area (Å²) in [6.45, 7) is 0.792. The van der Waals surface area contributed by atoms with E-state index in [1.54, 1.807) is 4.90 Å². The summed E-state index contributed by atoms with van der Waals surface area (Å²) in [5.74, 6) is 0.445. The molecule has 1 atom stereocenters. The molecule has 1 aliphatic heterocycles. The van der Waals surface area contributed by atoms with E-state index in [0.717, 1.165) is 23.4 Å². The maximum atomic E-state index is 12.3. The molecule has 0 N–H and O–H groups in total. The molecule has 1 saturated heterocycles. The monoisotopic (exact) mass is 358 g/mol. The fourth-order valence-corrected chi connectivity index (χ4v) is 2.67. The lowest BCUT2D eigenvalue weighted by atomic mass is 10.1. The number of sulfonamides is 1. The molecule has 0 bridgehead atoms. The highest BCUT2D eigenvalue weighted by Gasteiger charge is 2.27. The van der Waals surface area contributed by atoms with Crippen LogP contribution in [0.1, 0.15) is 12.8 Å². The number of likely N-dealkylation sites (N-methyl/N-ethyl adjacent to an activating group) is 1. The molecule has 1 aromatic rings. The van der Waals surface area contributed by atoms with Crippen molar-refractivity contribution in [1.29, 1.82) is 0 Å². The Morgan fingerprint density at radius 2 is 2.12 bits per heavy atom. The largest absolute Gasteiger partial charge is 0.480 e. The van der Waals surface area contributed by atoms with Crippen molar-refractivity contribution in [3.05, 3.63) is 12.4 Å². The van der Waals surface area contributed by atoms with Crippen molar-refractivity contribution in [1.82, 2.24) is 19.2 Å². The summed E-state index contributed by atoms with van der Waals surface area (Å²) in [7, 11) is -0.505. The van der Waals surface area contributed by atoms with E-state index >= 15 is 0 Å². The number of nitrogens with zero attached hydrogens (tertiary/aromatic N) is 4. The van der Waals surface area contributed by atoms with E-state index in [9.17, 15) is 13.2 Å². The normalized spacial score (nSPS) is 18.5. The average Bonchev–Trinajstić information content (AvgIpc) is 2.54. The lowest BCUT2D eigenvalue weighted by Gasteiger charge is -2.33. The molecule has 1 amide bonds. The first-order valence-corrected chi connectivity index (χ1v) is 9.36. The second-order valence-corrected chi connectivity index (χ2v) is 7.73. The van der Waals surface area contributed by atoms with E-state index in [0.29, 0.717) is 24.8 Å². The number of hydrogen-bond donors (Lipinski definition) is 0. The van der Waals surface area contributed by atoms with Crippen LogP contribution in [-0.4, -0.2) is 79.6 Å². The molecule has 24 heavy (non-hydrogen) atoms. The second-order valence-electron chi connectivity index (χ2n) is 5.64. The molecule has 1 aromatic heterocycles. The quantitative estimate of drug-likeness (QED) is 0.691. The molecule has 2 rings (SSSR count). The van der Waals surface area contributed by atoms with E-state index in [1.807, 2.05) is 0 Å². The van der Waals surface area contributed by atoms with Crippen molar-refractivity contribution in [2.75, 3.05) is 40.0 Å². The van der Waals surface area contributed by atoms with Crippen molar-refractivity contribution < 1.29 is 22.7 Å². The smallest absolute Gasteiger partial charge is 0.238 e. The van der Waals surface area contributed by atoms with Crippen molar-refractivity contribution in [3.8, 4) is 11.8 Å². The molecular formula is C14H22N4O5S. The van der Waals surface area contributed by atoms with E-state index in [-0.39, 0.29) is 18.6 Å². The number of carbonyl (C=O) groups is 1. The van der Waals surface area contributed by atoms with Gasteiger partial charge in [0, 0.05) is 13.6 Å². The van der Waals surface area contributed by atoms with Gasteiger partial charge >= 0.3 is 0 Å². The third-order valence-electron chi connectivity index (χ3n) is 3.74. The van der Waals surface area contributed by atoms with Crippen LogP contribution in [0.15, 0.2) is 12.4 Å². The van der Waals surface area contributed by atoms with Crippen molar-refractivity contribution in [3.63, 3.8) is 0 Å². The predicted octanol–water partition coefficient (Wildman–Crippen LogP) is -0.254. The van der Waals surface area contributed by atoms with Gasteiger partial charge in [0.05, 0.1) is 38.8 Å². The minimum atomic E-state index is -3.38. The highest BCUT2D eigenvalue weighted by Crippen LogP contribution is 2.18. The molecule has 2 heterocycles. The van der Waals surface area contributed by atoms with Gasteiger partial charge < -0.3 is 14.4 Å². The number of carbonyl (C=O) groups excluding carboxylic acids is 1. The van der Waals surface area contributed by atoms with Gasteiger partial charge in [-0.05, 0) is 12.8 Å². The summed E-state index contributed by atoms with van der Waals surface area (Å²) >= 11 is 0. The Kier molecular flexibility index (Phi) is 5.94. The number of ether oxygens (including phenoxy) is 2. The predicted molar refractivity (Wildman–Crippen MR) is 86.3 cm³/mol. The van der Waals surface area contributed by atoms with Gasteiger partial charge in [0.15, 0.2) is 0 Å². The molecule has 134 valence electrons. The SMILES string of the molecule is COc1cncc(O[C@H]2CCCN(C(=O)CN(C)S(C)(=O)=O)C2)n1. The van der Waals surface area contributed by atoms with Crippen LogP contribution in [0.5, 0.6) is 11.8 Å². The highest BCUT2D eigenvalue weighted by molar-refractivity contribution is 7.88. The van der Waals surface area contributed by atoms with Crippen molar-refractivity contribution in [2.24, 2.45) is 0 Å². The van der Waals surface area contributed by atoms with E-state index in [2.05, 4.69) is 9.97 Å². The molecule has 0 aromatic carbocycles. The zero-order chi connectivity index (χ0) is 17.7. The number of likely N-dealkylation sites (tertiary alicyclic amines) is 1. The molecule has 0 unspecified atom stereocenters. The number of rotatable bonds is 6. The number of amides is 1. The number of hydrogen-bond acceptors (Lipinski definition) is 7. The van der Waals surface area contributed by atoms with E-state index in [4.69, 9.17) is 9.47 Å². The summed E-state index contributed by atoms with van der Waals surface area (Å²) in [4.78, 5) is 22.0. The number of piperidine rings is 1. The standard InChI is InChI=1S/C14H22N4O5S/c1-17(24(3,20)21)10-14(19)18-6-4-5-11(9-18)23-13-8-15-7-12(16-13)22-2/h7-8,11H,4-6,9-10H2,1-3H3/t11-/m0/s1. The van der Waals surface area contributed by atoms with Gasteiger partial charge in [0.25, 0.3) is 0 Å². The van der Waals surface area contributed by atoms with Crippen LogP contribution in [0.2, 0.25) is 0 Å². The first kappa shape index (κ1) is 18.4. The Morgan fingerprint density at radius 1 is 1.42 bits per heavy atom. The fraction of sp³-hybridized carbons (Fsp3) is 0.643. The zero-order valence-corrected chi connectivity index (χ0v) is 14.8. The molecule has 0 spiro atoms. The molecule has 1 aliphatic rings. The van der Waals surface area contributed by atoms with Gasteiger partial charge in [-0.15, -0.1) is 0 Å². The third kappa shape index (κ3) is 5.03. The minimum Gasteiger partial charge on any atom is -0.480 e. The second kappa shape index (κ2) is 7.75. The first-order valence-electron chi connectivity index (χ1n) is 7.51. The Hall–Kier alpha value is -1.94. The van der Waals surface area contributed by atoms with Crippen LogP contribution in [0.4, 0.5) is 0 Å². The summed E-state index contributed by atoms with van der Waals surface area (Å²) in [5.41, 5.74) is 0. The Morgan fingerprint density at radius 3 is 2.79 bits per heavy atom. The summed E-state index contributed by atoms with van der Waals surface area (Å²) in [6.07, 6.45) is 5.38. The summed E-state index contributed by atoms with van der Waals surface area (Å²) < 4.78 is 34.6. The van der Waals surface area contributed by atoms with Crippen LogP contribution in [0.3, 0.4) is 0 Å². The van der Waals surface area contributed by atoms with Gasteiger partial charge in [-0.3, -0.25) is 9.78 Å². The molecule has 10 heteroatoms. The van der Waals surface area contributed by atoms with Crippen LogP contribution in [0, 0.1) is 0 Å². The summed E-state index contributed by atoms with van der Waals surface area (Å²) in [6, 6.07) is 0. The maximum absolute atomic E-state index is 12.3. The van der Waals surface area contributed by atoms with Gasteiger partial charge in [0.2, 0.25) is 27.7 Å². The lowest BCUT2D eigenvalue weighted by Crippen LogP contribution is -2.48. The van der Waals surface area contributed by atoms with Crippen LogP contribution < -0.4 is 9.47 Å². The minimum absolute atomic E-state index is 0.176. The van der Waals surface area contributed by atoms with Crippen LogP contribution >= 0.6 is 0 Å². The Bertz CT molecular complexity index is 681. The Balaban J connectivity index is 1.94. The zero-order valence-electron chi connectivity index (χ0n) is 14.0. The summed E-state index contributed by atoms with van der Waals surface area (Å²) in [5, 5.41) is 0. The molecule has 0 radical (unpaired) electrons. The van der Waals surface area contributed by atoms with E-state index < -0.39 is 10.0 Å². The van der Waals surface area contributed by atoms with Crippen LogP contribution in [-0.2, 0) is 14.8 Å². The third-order valence-corrected chi connectivity index (χ3v) is 5.00. The van der Waals surface area contributed by atoms with Gasteiger partial charge in [0.1, 0.15) is 6.10 Å². The van der Waals surface area contributed by atoms with Crippen molar-refractivity contribution >= 4 is 15.9 Å². The highest BCUT2D eigenvalue weighted by atomic mass is 32.2. The lowest BCUT2D eigenvalue weighted by molar-refractivity contribution is -0.133. The van der Waals surface area contributed by atoms with E-state index in [1.165, 1.54) is 26.6 Å². The number of aromatic nitrogens is 2.